The fourth-order valence-electron chi connectivity index (χ4n) is 2.38. The van der Waals surface area contributed by atoms with Crippen molar-refractivity contribution >= 4 is 23.2 Å². The Bertz CT molecular complexity index is 1030. The molecule has 0 aromatic heterocycles. The number of carbonyl (C=O) groups is 2. The molecule has 5 nitrogen and oxygen atoms in total. The Balaban J connectivity index is 1.53. The maximum atomic E-state index is 13.6. The smallest absolute Gasteiger partial charge is 0.262 e. The minimum atomic E-state index is -1.67. The summed E-state index contributed by atoms with van der Waals surface area (Å²) in [6, 6.07) is 16.5. The number of hydrogen-bond acceptors (Lipinski definition) is 3. The van der Waals surface area contributed by atoms with E-state index in [4.69, 9.17) is 4.74 Å². The van der Waals surface area contributed by atoms with Crippen molar-refractivity contribution in [3.05, 3.63) is 89.7 Å². The van der Waals surface area contributed by atoms with E-state index in [-0.39, 0.29) is 5.91 Å². The number of amides is 2. The van der Waals surface area contributed by atoms with Crippen molar-refractivity contribution in [1.82, 2.24) is 0 Å². The van der Waals surface area contributed by atoms with E-state index < -0.39 is 35.7 Å². The fraction of sp³-hybridized carbons (Fsp3) is 0.0476. The number of hydrogen-bond donors (Lipinski definition) is 2. The second kappa shape index (κ2) is 8.92. The molecule has 0 aliphatic heterocycles. The average molecular weight is 400 g/mol. The van der Waals surface area contributed by atoms with Gasteiger partial charge in [0.1, 0.15) is 5.75 Å². The molecule has 29 heavy (non-hydrogen) atoms. The number of nitrogens with one attached hydrogen (secondary N) is 2. The van der Waals surface area contributed by atoms with Gasteiger partial charge in [0.25, 0.3) is 11.8 Å². The lowest BCUT2D eigenvalue weighted by Crippen LogP contribution is -2.21. The summed E-state index contributed by atoms with van der Waals surface area (Å²) in [6.45, 7) is -0.478. The van der Waals surface area contributed by atoms with Crippen LogP contribution in [0, 0.1) is 17.5 Å². The zero-order chi connectivity index (χ0) is 20.8. The molecule has 8 heteroatoms. The molecular weight excluding hydrogens is 385 g/mol. The lowest BCUT2D eigenvalue weighted by molar-refractivity contribution is -0.118. The van der Waals surface area contributed by atoms with E-state index in [1.54, 1.807) is 42.5 Å². The second-order valence-electron chi connectivity index (χ2n) is 5.90. The van der Waals surface area contributed by atoms with Gasteiger partial charge in [0.2, 0.25) is 0 Å². The molecule has 148 valence electrons. The lowest BCUT2D eigenvalue weighted by Gasteiger charge is -2.10. The molecule has 0 bridgehead atoms. The molecule has 2 amide bonds. The predicted octanol–water partition coefficient (Wildman–Crippen LogP) is 4.37. The third-order valence-corrected chi connectivity index (χ3v) is 3.83. The van der Waals surface area contributed by atoms with Crippen molar-refractivity contribution < 1.29 is 27.5 Å². The minimum absolute atomic E-state index is 0.271. The number of ether oxygens (including phenoxy) is 1. The molecule has 0 spiro atoms. The molecule has 0 saturated heterocycles. The standard InChI is InChI=1S/C21H15F3N2O3/c22-16-10-11-17(20(24)19(16)23)26-18(27)12-29-15-8-6-14(7-9-15)25-21(28)13-4-2-1-3-5-13/h1-11H,12H2,(H,25,28)(H,26,27). The highest BCUT2D eigenvalue weighted by atomic mass is 19.2. The molecule has 0 unspecified atom stereocenters. The third kappa shape index (κ3) is 5.13. The first-order chi connectivity index (χ1) is 13.9. The molecule has 3 aromatic carbocycles. The Labute approximate surface area is 164 Å². The molecular formula is C21H15F3N2O3. The van der Waals surface area contributed by atoms with Crippen LogP contribution in [-0.2, 0) is 4.79 Å². The SMILES string of the molecule is O=C(COc1ccc(NC(=O)c2ccccc2)cc1)Nc1ccc(F)c(F)c1F. The first-order valence-electron chi connectivity index (χ1n) is 8.46. The number of carbonyl (C=O) groups excluding carboxylic acids is 2. The monoisotopic (exact) mass is 400 g/mol. The van der Waals surface area contributed by atoms with Crippen LogP contribution in [0.25, 0.3) is 0 Å². The first kappa shape index (κ1) is 19.9. The van der Waals surface area contributed by atoms with Crippen LogP contribution in [0.5, 0.6) is 5.75 Å². The quantitative estimate of drug-likeness (QED) is 0.604. The zero-order valence-corrected chi connectivity index (χ0v) is 14.9. The predicted molar refractivity (Wildman–Crippen MR) is 101 cm³/mol. The van der Waals surface area contributed by atoms with Gasteiger partial charge in [0.15, 0.2) is 24.1 Å². The Morgan fingerprint density at radius 2 is 1.48 bits per heavy atom. The Kier molecular flexibility index (Phi) is 6.13. The summed E-state index contributed by atoms with van der Waals surface area (Å²) < 4.78 is 44.9. The van der Waals surface area contributed by atoms with Crippen molar-refractivity contribution in [1.29, 1.82) is 0 Å². The van der Waals surface area contributed by atoms with E-state index in [0.29, 0.717) is 23.1 Å². The number of anilines is 2. The van der Waals surface area contributed by atoms with E-state index in [2.05, 4.69) is 10.6 Å². The van der Waals surface area contributed by atoms with E-state index >= 15 is 0 Å². The molecule has 2 N–H and O–H groups in total. The molecule has 0 fully saturated rings. The summed E-state index contributed by atoms with van der Waals surface area (Å²) in [4.78, 5) is 23.9. The van der Waals surface area contributed by atoms with Gasteiger partial charge in [0.05, 0.1) is 5.69 Å². The van der Waals surface area contributed by atoms with Gasteiger partial charge in [-0.2, -0.15) is 0 Å². The normalized spacial score (nSPS) is 10.3. The Morgan fingerprint density at radius 3 is 2.17 bits per heavy atom. The molecule has 3 aromatic rings. The van der Waals surface area contributed by atoms with Crippen LogP contribution < -0.4 is 15.4 Å². The summed E-state index contributed by atoms with van der Waals surface area (Å²) in [5.41, 5.74) is 0.546. The Hall–Kier alpha value is -3.81. The van der Waals surface area contributed by atoms with Crippen LogP contribution in [-0.4, -0.2) is 18.4 Å². The average Bonchev–Trinajstić information content (AvgIpc) is 2.74. The van der Waals surface area contributed by atoms with Gasteiger partial charge in [-0.3, -0.25) is 9.59 Å². The van der Waals surface area contributed by atoms with Crippen LogP contribution in [0.15, 0.2) is 66.7 Å². The molecule has 3 rings (SSSR count). The van der Waals surface area contributed by atoms with Crippen LogP contribution in [0.3, 0.4) is 0 Å². The largest absolute Gasteiger partial charge is 0.484 e. The van der Waals surface area contributed by atoms with Crippen molar-refractivity contribution in [3.8, 4) is 5.75 Å². The molecule has 0 radical (unpaired) electrons. The maximum Gasteiger partial charge on any atom is 0.262 e. The topological polar surface area (TPSA) is 67.4 Å². The summed E-state index contributed by atoms with van der Waals surface area (Å²) in [7, 11) is 0. The van der Waals surface area contributed by atoms with E-state index in [1.165, 1.54) is 12.1 Å². The molecule has 0 saturated carbocycles. The first-order valence-corrected chi connectivity index (χ1v) is 8.46. The van der Waals surface area contributed by atoms with E-state index in [0.717, 1.165) is 6.07 Å². The summed E-state index contributed by atoms with van der Waals surface area (Å²) in [6.07, 6.45) is 0. The minimum Gasteiger partial charge on any atom is -0.484 e. The molecule has 0 aliphatic rings. The Morgan fingerprint density at radius 1 is 0.793 bits per heavy atom. The van der Waals surface area contributed by atoms with Crippen molar-refractivity contribution in [2.45, 2.75) is 0 Å². The highest BCUT2D eigenvalue weighted by molar-refractivity contribution is 6.04. The highest BCUT2D eigenvalue weighted by Crippen LogP contribution is 2.20. The fourth-order valence-corrected chi connectivity index (χ4v) is 2.38. The van der Waals surface area contributed by atoms with Crippen LogP contribution >= 0.6 is 0 Å². The van der Waals surface area contributed by atoms with Gasteiger partial charge in [-0.1, -0.05) is 18.2 Å². The maximum absolute atomic E-state index is 13.6. The van der Waals surface area contributed by atoms with Crippen molar-refractivity contribution in [2.24, 2.45) is 0 Å². The van der Waals surface area contributed by atoms with Gasteiger partial charge in [-0.25, -0.2) is 13.2 Å². The molecule has 0 heterocycles. The van der Waals surface area contributed by atoms with Crippen molar-refractivity contribution in [2.75, 3.05) is 17.2 Å². The van der Waals surface area contributed by atoms with Crippen LogP contribution in [0.2, 0.25) is 0 Å². The highest BCUT2D eigenvalue weighted by Gasteiger charge is 2.15. The van der Waals surface area contributed by atoms with E-state index in [9.17, 15) is 22.8 Å². The summed E-state index contributed by atoms with van der Waals surface area (Å²) in [5, 5.41) is 4.82. The van der Waals surface area contributed by atoms with Gasteiger partial charge in [-0.15, -0.1) is 0 Å². The zero-order valence-electron chi connectivity index (χ0n) is 14.9. The lowest BCUT2D eigenvalue weighted by atomic mass is 10.2. The molecule has 0 atom stereocenters. The van der Waals surface area contributed by atoms with Crippen LogP contribution in [0.1, 0.15) is 10.4 Å². The number of benzene rings is 3. The van der Waals surface area contributed by atoms with Gasteiger partial charge in [-0.05, 0) is 48.5 Å². The summed E-state index contributed by atoms with van der Waals surface area (Å²) in [5.74, 6) is -5.21. The number of halogens is 3. The second-order valence-corrected chi connectivity index (χ2v) is 5.90. The van der Waals surface area contributed by atoms with Gasteiger partial charge < -0.3 is 15.4 Å². The van der Waals surface area contributed by atoms with Gasteiger partial charge >= 0.3 is 0 Å². The van der Waals surface area contributed by atoms with Crippen molar-refractivity contribution in [3.63, 3.8) is 0 Å². The molecule has 0 aliphatic carbocycles. The number of rotatable bonds is 6. The third-order valence-electron chi connectivity index (χ3n) is 3.83. The summed E-state index contributed by atoms with van der Waals surface area (Å²) >= 11 is 0. The van der Waals surface area contributed by atoms with E-state index in [1.807, 2.05) is 0 Å². The van der Waals surface area contributed by atoms with Crippen LogP contribution in [0.4, 0.5) is 24.5 Å². The van der Waals surface area contributed by atoms with Gasteiger partial charge in [0, 0.05) is 11.3 Å².